The third-order valence-corrected chi connectivity index (χ3v) is 5.86. The molecule has 35 heavy (non-hydrogen) atoms. The Morgan fingerprint density at radius 1 is 1.31 bits per heavy atom. The molecule has 1 amide bonds. The summed E-state index contributed by atoms with van der Waals surface area (Å²) >= 11 is 0. The maximum absolute atomic E-state index is 12.1. The van der Waals surface area contributed by atoms with Crippen molar-refractivity contribution in [2.75, 3.05) is 26.2 Å². The van der Waals surface area contributed by atoms with E-state index in [2.05, 4.69) is 32.3 Å². The third-order valence-electron chi connectivity index (χ3n) is 5.86. The van der Waals surface area contributed by atoms with Crippen LogP contribution in [-0.4, -0.2) is 81.5 Å². The van der Waals surface area contributed by atoms with E-state index in [4.69, 9.17) is 19.9 Å². The Bertz CT molecular complexity index is 1060. The van der Waals surface area contributed by atoms with E-state index in [0.717, 1.165) is 18.7 Å². The molecule has 2 aliphatic rings. The average Bonchev–Trinajstić information content (AvgIpc) is 3.50. The number of aliphatic hydroxyl groups excluding tert-OH is 1. The van der Waals surface area contributed by atoms with Crippen molar-refractivity contribution in [1.29, 1.82) is 5.41 Å². The molecule has 3 N–H and O–H groups in total. The molecule has 12 heteroatoms. The van der Waals surface area contributed by atoms with Gasteiger partial charge in [0.1, 0.15) is 5.84 Å². The van der Waals surface area contributed by atoms with E-state index in [0.29, 0.717) is 37.0 Å². The second-order valence-corrected chi connectivity index (χ2v) is 9.52. The summed E-state index contributed by atoms with van der Waals surface area (Å²) in [7, 11) is 0. The topological polar surface area (TPSA) is 156 Å². The number of amides is 1. The molecule has 0 unspecified atom stereocenters. The number of hydrazine groups is 1. The van der Waals surface area contributed by atoms with Gasteiger partial charge in [-0.3, -0.25) is 20.6 Å². The summed E-state index contributed by atoms with van der Waals surface area (Å²) in [6.07, 6.45) is 1.72. The lowest BCUT2D eigenvalue weighted by atomic mass is 9.95. The Morgan fingerprint density at radius 3 is 2.54 bits per heavy atom. The molecular formula is C23H35N9O3. The van der Waals surface area contributed by atoms with Crippen molar-refractivity contribution in [2.24, 2.45) is 20.9 Å². The smallest absolute Gasteiger partial charge is 0.270 e. The summed E-state index contributed by atoms with van der Waals surface area (Å²) in [6.45, 7) is 14.9. The van der Waals surface area contributed by atoms with Gasteiger partial charge in [0.05, 0.1) is 12.3 Å². The predicted octanol–water partition coefficient (Wildman–Crippen LogP) is 1.88. The Morgan fingerprint density at radius 2 is 2.00 bits per heavy atom. The largest absolute Gasteiger partial charge is 0.419 e. The van der Waals surface area contributed by atoms with E-state index < -0.39 is 0 Å². The molecule has 12 nitrogen and oxygen atoms in total. The van der Waals surface area contributed by atoms with Crippen LogP contribution in [0.3, 0.4) is 0 Å². The Kier molecular flexibility index (Phi) is 8.15. The van der Waals surface area contributed by atoms with E-state index in [9.17, 15) is 4.79 Å². The Hall–Kier alpha value is -3.41. The van der Waals surface area contributed by atoms with Crippen molar-refractivity contribution in [3.8, 4) is 0 Å². The quantitative estimate of drug-likeness (QED) is 0.393. The standard InChI is InChI=1S/C23H35N9O3/c1-7-32-20(27-19(30-32)15-8-11-31(12-9-15)16(34)10-13-33)14(2)26-17(18(24)25-6)21-28-29-22(35-21)23(3,4)5/h15,24,33H,6-13H2,1-5H3,(H,27,30). The lowest BCUT2D eigenvalue weighted by molar-refractivity contribution is -0.133. The first-order valence-electron chi connectivity index (χ1n) is 11.8. The average molecular weight is 486 g/mol. The number of aromatic nitrogens is 2. The number of rotatable bonds is 7. The highest BCUT2D eigenvalue weighted by molar-refractivity contribution is 6.46. The van der Waals surface area contributed by atoms with Gasteiger partial charge in [0.2, 0.25) is 11.8 Å². The number of carbonyl (C=O) groups excluding carboxylic acids is 1. The molecule has 0 radical (unpaired) electrons. The number of allylic oxidation sites excluding steroid dienone is 1. The Labute approximate surface area is 205 Å². The SMILES string of the molecule is C=NC(=N)C(=NC(C)=C1N=C(C2CCN(C(=O)CCO)CC2)NN1CC)c1nnc(C(C)(C)C)o1. The van der Waals surface area contributed by atoms with E-state index in [1.54, 1.807) is 11.8 Å². The van der Waals surface area contributed by atoms with Crippen LogP contribution in [0.15, 0.2) is 30.9 Å². The highest BCUT2D eigenvalue weighted by Gasteiger charge is 2.31. The minimum atomic E-state index is -0.348. The van der Waals surface area contributed by atoms with Crippen LogP contribution in [0.25, 0.3) is 0 Å². The molecule has 1 aromatic rings. The van der Waals surface area contributed by atoms with Gasteiger partial charge < -0.3 is 14.4 Å². The molecule has 0 aliphatic carbocycles. The van der Waals surface area contributed by atoms with Gasteiger partial charge in [-0.25, -0.2) is 15.0 Å². The summed E-state index contributed by atoms with van der Waals surface area (Å²) in [5.74, 6) is 1.98. The van der Waals surface area contributed by atoms with Gasteiger partial charge in [-0.2, -0.15) is 0 Å². The van der Waals surface area contributed by atoms with Crippen molar-refractivity contribution < 1.29 is 14.3 Å². The summed E-state index contributed by atoms with van der Waals surface area (Å²) in [5.41, 5.74) is 3.70. The van der Waals surface area contributed by atoms with Gasteiger partial charge in [0.15, 0.2) is 17.4 Å². The van der Waals surface area contributed by atoms with Crippen LogP contribution in [0.2, 0.25) is 0 Å². The number of aliphatic hydroxyl groups is 1. The third kappa shape index (κ3) is 5.99. The number of likely N-dealkylation sites (tertiary alicyclic amines) is 1. The van der Waals surface area contributed by atoms with Gasteiger partial charge in [-0.15, -0.1) is 10.2 Å². The fourth-order valence-electron chi connectivity index (χ4n) is 3.85. The van der Waals surface area contributed by atoms with Gasteiger partial charge >= 0.3 is 0 Å². The van der Waals surface area contributed by atoms with Gasteiger partial charge in [-0.05, 0) is 33.4 Å². The molecule has 0 saturated carbocycles. The molecule has 0 aromatic carbocycles. The molecule has 3 heterocycles. The molecule has 0 atom stereocenters. The first-order valence-corrected chi connectivity index (χ1v) is 11.8. The van der Waals surface area contributed by atoms with Crippen LogP contribution < -0.4 is 5.43 Å². The number of amidine groups is 2. The van der Waals surface area contributed by atoms with Crippen LogP contribution in [0.1, 0.15) is 65.7 Å². The van der Waals surface area contributed by atoms with Gasteiger partial charge in [-0.1, -0.05) is 20.8 Å². The van der Waals surface area contributed by atoms with Crippen molar-refractivity contribution >= 4 is 30.0 Å². The summed E-state index contributed by atoms with van der Waals surface area (Å²) in [6, 6.07) is 0. The van der Waals surface area contributed by atoms with Crippen LogP contribution in [0, 0.1) is 11.3 Å². The molecular weight excluding hydrogens is 450 g/mol. The molecule has 3 rings (SSSR count). The zero-order valence-corrected chi connectivity index (χ0v) is 21.1. The highest BCUT2D eigenvalue weighted by atomic mass is 16.4. The second kappa shape index (κ2) is 10.9. The lowest BCUT2D eigenvalue weighted by Crippen LogP contribution is -2.44. The molecule has 1 fully saturated rings. The first-order chi connectivity index (χ1) is 16.6. The number of hydrogen-bond acceptors (Lipinski definition) is 10. The summed E-state index contributed by atoms with van der Waals surface area (Å²) in [5, 5.41) is 27.3. The number of carbonyl (C=O) groups is 1. The van der Waals surface area contributed by atoms with Crippen molar-refractivity contribution in [3.63, 3.8) is 0 Å². The van der Waals surface area contributed by atoms with Crippen molar-refractivity contribution in [1.82, 2.24) is 25.5 Å². The molecule has 190 valence electrons. The molecule has 0 bridgehead atoms. The minimum Gasteiger partial charge on any atom is -0.419 e. The number of aliphatic imine (C=N–C) groups is 3. The summed E-state index contributed by atoms with van der Waals surface area (Å²) in [4.78, 5) is 27.0. The number of nitrogens with zero attached hydrogens (tertiary/aromatic N) is 7. The minimum absolute atomic E-state index is 0.0188. The van der Waals surface area contributed by atoms with Gasteiger partial charge in [0.25, 0.3) is 5.89 Å². The summed E-state index contributed by atoms with van der Waals surface area (Å²) < 4.78 is 5.80. The molecule has 1 saturated heterocycles. The molecule has 0 spiro atoms. The predicted molar refractivity (Wildman–Crippen MR) is 133 cm³/mol. The maximum atomic E-state index is 12.1. The fraction of sp³-hybridized carbons (Fsp3) is 0.609. The van der Waals surface area contributed by atoms with E-state index in [-0.39, 0.29) is 47.7 Å². The fourth-order valence-corrected chi connectivity index (χ4v) is 3.85. The normalized spacial score (nSPS) is 18.9. The number of piperidine rings is 1. The zero-order valence-electron chi connectivity index (χ0n) is 21.1. The maximum Gasteiger partial charge on any atom is 0.270 e. The highest BCUT2D eigenvalue weighted by Crippen LogP contribution is 2.26. The van der Waals surface area contributed by atoms with Crippen LogP contribution in [0.4, 0.5) is 0 Å². The van der Waals surface area contributed by atoms with Crippen molar-refractivity contribution in [2.45, 2.75) is 59.3 Å². The number of nitrogens with one attached hydrogen (secondary N) is 2. The van der Waals surface area contributed by atoms with Crippen LogP contribution >= 0.6 is 0 Å². The van der Waals surface area contributed by atoms with Gasteiger partial charge in [0, 0.05) is 37.4 Å². The number of hydrogen-bond donors (Lipinski definition) is 3. The van der Waals surface area contributed by atoms with Crippen LogP contribution in [-0.2, 0) is 10.2 Å². The second-order valence-electron chi connectivity index (χ2n) is 9.52. The lowest BCUT2D eigenvalue weighted by Gasteiger charge is -2.32. The molecule has 1 aromatic heterocycles. The Balaban J connectivity index is 1.87. The van der Waals surface area contributed by atoms with E-state index in [1.807, 2.05) is 32.7 Å². The monoisotopic (exact) mass is 485 g/mol. The van der Waals surface area contributed by atoms with E-state index >= 15 is 0 Å². The van der Waals surface area contributed by atoms with E-state index in [1.165, 1.54) is 0 Å². The van der Waals surface area contributed by atoms with Crippen molar-refractivity contribution in [3.05, 3.63) is 23.3 Å². The molecule has 2 aliphatic heterocycles. The first kappa shape index (κ1) is 26.2. The zero-order chi connectivity index (χ0) is 25.8. The van der Waals surface area contributed by atoms with Crippen LogP contribution in [0.5, 0.6) is 0 Å².